The number of rotatable bonds is 4. The van der Waals surface area contributed by atoms with Crippen molar-refractivity contribution in [1.29, 1.82) is 0 Å². The zero-order chi connectivity index (χ0) is 14.4. The van der Waals surface area contributed by atoms with Gasteiger partial charge in [-0.25, -0.2) is 9.18 Å². The minimum atomic E-state index is -0.500. The van der Waals surface area contributed by atoms with E-state index >= 15 is 0 Å². The molecule has 0 saturated heterocycles. The summed E-state index contributed by atoms with van der Waals surface area (Å²) in [5, 5.41) is 5.04. The van der Waals surface area contributed by atoms with Gasteiger partial charge >= 0.3 is 12.0 Å². The zero-order valence-corrected chi connectivity index (χ0v) is 11.1. The second kappa shape index (κ2) is 6.72. The number of ether oxygens (including phenoxy) is 1. The molecule has 0 unspecified atom stereocenters. The van der Waals surface area contributed by atoms with Gasteiger partial charge in [0.15, 0.2) is 0 Å². The minimum absolute atomic E-state index is 0.0756. The Morgan fingerprint density at radius 1 is 1.42 bits per heavy atom. The number of carbonyl (C=O) groups is 2. The molecular formula is C13H17FN2O3. The molecule has 0 aliphatic heterocycles. The summed E-state index contributed by atoms with van der Waals surface area (Å²) in [7, 11) is 1.28. The van der Waals surface area contributed by atoms with E-state index in [4.69, 9.17) is 0 Å². The minimum Gasteiger partial charge on any atom is -0.469 e. The number of nitrogens with one attached hydrogen (secondary N) is 2. The van der Waals surface area contributed by atoms with Crippen LogP contribution in [0.15, 0.2) is 18.2 Å². The van der Waals surface area contributed by atoms with E-state index in [2.05, 4.69) is 15.4 Å². The van der Waals surface area contributed by atoms with Crippen molar-refractivity contribution < 1.29 is 18.7 Å². The van der Waals surface area contributed by atoms with Gasteiger partial charge in [0.25, 0.3) is 0 Å². The van der Waals surface area contributed by atoms with Crippen LogP contribution in [0.1, 0.15) is 18.9 Å². The van der Waals surface area contributed by atoms with Gasteiger partial charge in [-0.3, -0.25) is 4.79 Å². The third-order valence-electron chi connectivity index (χ3n) is 2.51. The van der Waals surface area contributed by atoms with Gasteiger partial charge in [-0.2, -0.15) is 0 Å². The van der Waals surface area contributed by atoms with Crippen molar-refractivity contribution in [2.75, 3.05) is 12.4 Å². The lowest BCUT2D eigenvalue weighted by molar-refractivity contribution is -0.141. The standard InChI is InChI=1S/C13H17FN2O3/c1-8-4-5-10(7-11(8)14)16-13(18)15-9(2)6-12(17)19-3/h4-5,7,9H,6H2,1-3H3,(H2,15,16,18)/t9-/m0/s1. The van der Waals surface area contributed by atoms with Crippen LogP contribution in [0.3, 0.4) is 0 Å². The van der Waals surface area contributed by atoms with Gasteiger partial charge < -0.3 is 15.4 Å². The van der Waals surface area contributed by atoms with E-state index in [1.54, 1.807) is 26.0 Å². The Balaban J connectivity index is 2.50. The van der Waals surface area contributed by atoms with E-state index in [0.717, 1.165) is 0 Å². The van der Waals surface area contributed by atoms with Gasteiger partial charge in [-0.05, 0) is 31.5 Å². The van der Waals surface area contributed by atoms with Crippen LogP contribution in [-0.2, 0) is 9.53 Å². The lowest BCUT2D eigenvalue weighted by atomic mass is 10.2. The number of urea groups is 1. The Hall–Kier alpha value is -2.11. The number of hydrogen-bond acceptors (Lipinski definition) is 3. The number of aryl methyl sites for hydroxylation is 1. The first-order chi connectivity index (χ1) is 8.92. The smallest absolute Gasteiger partial charge is 0.319 e. The Morgan fingerprint density at radius 2 is 2.11 bits per heavy atom. The lowest BCUT2D eigenvalue weighted by Crippen LogP contribution is -2.37. The third kappa shape index (κ3) is 4.95. The highest BCUT2D eigenvalue weighted by Crippen LogP contribution is 2.13. The van der Waals surface area contributed by atoms with Crippen LogP contribution in [0.25, 0.3) is 0 Å². The lowest BCUT2D eigenvalue weighted by Gasteiger charge is -2.13. The third-order valence-corrected chi connectivity index (χ3v) is 2.51. The first-order valence-electron chi connectivity index (χ1n) is 5.83. The molecule has 0 fully saturated rings. The van der Waals surface area contributed by atoms with Gasteiger partial charge in [0.05, 0.1) is 13.5 Å². The van der Waals surface area contributed by atoms with Crippen molar-refractivity contribution in [3.8, 4) is 0 Å². The molecule has 0 aromatic heterocycles. The molecule has 2 N–H and O–H groups in total. The van der Waals surface area contributed by atoms with Crippen LogP contribution in [0, 0.1) is 12.7 Å². The van der Waals surface area contributed by atoms with E-state index in [9.17, 15) is 14.0 Å². The Bertz CT molecular complexity index is 477. The predicted octanol–water partition coefficient (Wildman–Crippen LogP) is 2.21. The topological polar surface area (TPSA) is 67.4 Å². The van der Waals surface area contributed by atoms with Crippen molar-refractivity contribution in [1.82, 2.24) is 5.32 Å². The van der Waals surface area contributed by atoms with Crippen molar-refractivity contribution in [2.24, 2.45) is 0 Å². The Labute approximate surface area is 111 Å². The van der Waals surface area contributed by atoms with Crippen LogP contribution in [0.4, 0.5) is 14.9 Å². The number of methoxy groups -OCH3 is 1. The molecule has 6 heteroatoms. The molecule has 1 aromatic carbocycles. The largest absolute Gasteiger partial charge is 0.469 e. The van der Waals surface area contributed by atoms with Gasteiger partial charge in [0.2, 0.25) is 0 Å². The van der Waals surface area contributed by atoms with E-state index in [0.29, 0.717) is 11.3 Å². The fourth-order valence-corrected chi connectivity index (χ4v) is 1.45. The van der Waals surface area contributed by atoms with Crippen molar-refractivity contribution in [2.45, 2.75) is 26.3 Å². The number of anilines is 1. The van der Waals surface area contributed by atoms with Gasteiger partial charge in [0, 0.05) is 11.7 Å². The molecule has 2 amide bonds. The molecule has 1 atom stereocenters. The Kier molecular flexibility index (Phi) is 5.29. The molecule has 5 nitrogen and oxygen atoms in total. The molecule has 0 saturated carbocycles. The maximum Gasteiger partial charge on any atom is 0.319 e. The molecule has 0 aliphatic carbocycles. The SMILES string of the molecule is COC(=O)C[C@H](C)NC(=O)Nc1ccc(C)c(F)c1. The summed E-state index contributed by atoms with van der Waals surface area (Å²) in [6, 6.07) is 3.54. The molecule has 0 heterocycles. The summed E-state index contributed by atoms with van der Waals surface area (Å²) < 4.78 is 17.8. The molecule has 0 radical (unpaired) electrons. The van der Waals surface area contributed by atoms with E-state index in [1.807, 2.05) is 0 Å². The van der Waals surface area contributed by atoms with Gasteiger partial charge in [-0.15, -0.1) is 0 Å². The predicted molar refractivity (Wildman–Crippen MR) is 69.4 cm³/mol. The summed E-state index contributed by atoms with van der Waals surface area (Å²) in [6.07, 6.45) is 0.0756. The summed E-state index contributed by atoms with van der Waals surface area (Å²) >= 11 is 0. The fraction of sp³-hybridized carbons (Fsp3) is 0.385. The van der Waals surface area contributed by atoms with Gasteiger partial charge in [-0.1, -0.05) is 6.07 Å². The second-order valence-electron chi connectivity index (χ2n) is 4.24. The van der Waals surface area contributed by atoms with Crippen molar-refractivity contribution >= 4 is 17.7 Å². The molecule has 19 heavy (non-hydrogen) atoms. The van der Waals surface area contributed by atoms with E-state index in [-0.39, 0.29) is 18.3 Å². The number of benzene rings is 1. The van der Waals surface area contributed by atoms with Crippen molar-refractivity contribution in [3.63, 3.8) is 0 Å². The van der Waals surface area contributed by atoms with E-state index in [1.165, 1.54) is 13.2 Å². The zero-order valence-electron chi connectivity index (χ0n) is 11.1. The molecule has 1 rings (SSSR count). The average molecular weight is 268 g/mol. The monoisotopic (exact) mass is 268 g/mol. The highest BCUT2D eigenvalue weighted by atomic mass is 19.1. The molecule has 104 valence electrons. The first-order valence-corrected chi connectivity index (χ1v) is 5.83. The molecule has 1 aromatic rings. The number of carbonyl (C=O) groups excluding carboxylic acids is 2. The van der Waals surface area contributed by atoms with Crippen LogP contribution in [0.2, 0.25) is 0 Å². The van der Waals surface area contributed by atoms with E-state index < -0.39 is 12.0 Å². The highest BCUT2D eigenvalue weighted by molar-refractivity contribution is 5.89. The summed E-state index contributed by atoms with van der Waals surface area (Å²) in [5.74, 6) is -0.797. The maximum absolute atomic E-state index is 13.3. The van der Waals surface area contributed by atoms with Crippen LogP contribution >= 0.6 is 0 Å². The second-order valence-corrected chi connectivity index (χ2v) is 4.24. The van der Waals surface area contributed by atoms with Crippen LogP contribution in [-0.4, -0.2) is 25.2 Å². The number of hydrogen-bond donors (Lipinski definition) is 2. The van der Waals surface area contributed by atoms with Crippen LogP contribution < -0.4 is 10.6 Å². The summed E-state index contributed by atoms with van der Waals surface area (Å²) in [6.45, 7) is 3.31. The molecule has 0 spiro atoms. The summed E-state index contributed by atoms with van der Waals surface area (Å²) in [4.78, 5) is 22.6. The average Bonchev–Trinajstić information content (AvgIpc) is 2.33. The molecule has 0 aliphatic rings. The normalized spacial score (nSPS) is 11.6. The molecular weight excluding hydrogens is 251 g/mol. The maximum atomic E-state index is 13.3. The van der Waals surface area contributed by atoms with Crippen LogP contribution in [0.5, 0.6) is 0 Å². The van der Waals surface area contributed by atoms with Gasteiger partial charge in [0.1, 0.15) is 5.82 Å². The molecule has 0 bridgehead atoms. The Morgan fingerprint density at radius 3 is 2.68 bits per heavy atom. The number of halogens is 1. The summed E-state index contributed by atoms with van der Waals surface area (Å²) in [5.41, 5.74) is 0.857. The first kappa shape index (κ1) is 14.9. The fourth-order valence-electron chi connectivity index (χ4n) is 1.45. The quantitative estimate of drug-likeness (QED) is 0.823. The number of amides is 2. The highest BCUT2D eigenvalue weighted by Gasteiger charge is 2.12. The van der Waals surface area contributed by atoms with Crippen molar-refractivity contribution in [3.05, 3.63) is 29.6 Å². The number of esters is 1.